The van der Waals surface area contributed by atoms with Gasteiger partial charge in [-0.1, -0.05) is 23.4 Å². The van der Waals surface area contributed by atoms with Gasteiger partial charge in [0.1, 0.15) is 0 Å². The van der Waals surface area contributed by atoms with Gasteiger partial charge in [-0.05, 0) is 26.1 Å². The van der Waals surface area contributed by atoms with Gasteiger partial charge in [0.2, 0.25) is 15.9 Å². The summed E-state index contributed by atoms with van der Waals surface area (Å²) in [6, 6.07) is 8.47. The van der Waals surface area contributed by atoms with Crippen LogP contribution in [0.1, 0.15) is 18.6 Å². The van der Waals surface area contributed by atoms with Crippen LogP contribution in [0.3, 0.4) is 0 Å². The summed E-state index contributed by atoms with van der Waals surface area (Å²) in [5, 5.41) is 6.95. The van der Waals surface area contributed by atoms with E-state index in [0.717, 1.165) is 0 Å². The lowest BCUT2D eigenvalue weighted by Crippen LogP contribution is -2.26. The van der Waals surface area contributed by atoms with Crippen LogP contribution >= 0.6 is 12.4 Å². The predicted molar refractivity (Wildman–Crippen MR) is 88.9 cm³/mol. The molecule has 23 heavy (non-hydrogen) atoms. The fourth-order valence-electron chi connectivity index (χ4n) is 1.86. The Morgan fingerprint density at radius 3 is 2.57 bits per heavy atom. The van der Waals surface area contributed by atoms with Crippen LogP contribution in [0.15, 0.2) is 39.8 Å². The molecule has 0 saturated carbocycles. The Morgan fingerprint density at radius 1 is 1.30 bits per heavy atom. The molecule has 128 valence electrons. The molecule has 2 aromatic rings. The molecule has 7 nitrogen and oxygen atoms in total. The van der Waals surface area contributed by atoms with Crippen molar-refractivity contribution in [1.82, 2.24) is 19.8 Å². The minimum Gasteiger partial charge on any atom is -0.338 e. The van der Waals surface area contributed by atoms with Gasteiger partial charge in [0, 0.05) is 19.5 Å². The third-order valence-electron chi connectivity index (χ3n) is 3.30. The van der Waals surface area contributed by atoms with E-state index in [0.29, 0.717) is 12.2 Å². The van der Waals surface area contributed by atoms with Gasteiger partial charge in [-0.25, -0.2) is 8.42 Å². The average Bonchev–Trinajstić information content (AvgIpc) is 2.95. The molecule has 1 atom stereocenters. The Bertz CT molecular complexity index is 706. The molecule has 1 aromatic heterocycles. The normalized spacial score (nSPS) is 12.9. The summed E-state index contributed by atoms with van der Waals surface area (Å²) in [5.41, 5.74) is 0. The fourth-order valence-corrected chi connectivity index (χ4v) is 3.00. The summed E-state index contributed by atoms with van der Waals surface area (Å²) in [6.45, 7) is 2.04. The summed E-state index contributed by atoms with van der Waals surface area (Å²) < 4.78 is 31.1. The van der Waals surface area contributed by atoms with E-state index in [2.05, 4.69) is 15.5 Å². The molecule has 1 aromatic carbocycles. The molecule has 0 aliphatic heterocycles. The maximum absolute atomic E-state index is 12.4. The van der Waals surface area contributed by atoms with E-state index >= 15 is 0 Å². The lowest BCUT2D eigenvalue weighted by Gasteiger charge is -2.14. The van der Waals surface area contributed by atoms with E-state index in [4.69, 9.17) is 4.52 Å². The van der Waals surface area contributed by atoms with Crippen molar-refractivity contribution in [3.63, 3.8) is 0 Å². The number of nitrogens with one attached hydrogen (secondary N) is 1. The third-order valence-corrected chi connectivity index (χ3v) is 5.12. The summed E-state index contributed by atoms with van der Waals surface area (Å²) in [5.74, 6) is 0.836. The zero-order chi connectivity index (χ0) is 16.2. The van der Waals surface area contributed by atoms with Crippen LogP contribution in [-0.4, -0.2) is 43.0 Å². The van der Waals surface area contributed by atoms with Crippen LogP contribution in [-0.2, 0) is 23.0 Å². The lowest BCUT2D eigenvalue weighted by molar-refractivity contribution is 0.333. The average molecular weight is 361 g/mol. The molecule has 0 bridgehead atoms. The zero-order valence-corrected chi connectivity index (χ0v) is 14.9. The van der Waals surface area contributed by atoms with Gasteiger partial charge in [0.05, 0.1) is 11.4 Å². The molecular weight excluding hydrogens is 340 g/mol. The predicted octanol–water partition coefficient (Wildman–Crippen LogP) is 1.46. The van der Waals surface area contributed by atoms with E-state index in [-0.39, 0.29) is 35.8 Å². The first-order chi connectivity index (χ1) is 10.4. The maximum Gasteiger partial charge on any atom is 0.243 e. The van der Waals surface area contributed by atoms with Crippen molar-refractivity contribution in [2.24, 2.45) is 0 Å². The first kappa shape index (κ1) is 19.6. The minimum absolute atomic E-state index is 0. The van der Waals surface area contributed by atoms with E-state index < -0.39 is 10.0 Å². The highest BCUT2D eigenvalue weighted by Crippen LogP contribution is 2.15. The second-order valence-electron chi connectivity index (χ2n) is 5.07. The number of hydrogen-bond acceptors (Lipinski definition) is 6. The number of aromatic nitrogens is 2. The highest BCUT2D eigenvalue weighted by atomic mass is 35.5. The molecule has 0 aliphatic carbocycles. The maximum atomic E-state index is 12.4. The summed E-state index contributed by atoms with van der Waals surface area (Å²) in [4.78, 5) is 4.46. The molecule has 0 aliphatic rings. The molecule has 2 rings (SSSR count). The topological polar surface area (TPSA) is 88.3 Å². The van der Waals surface area contributed by atoms with Gasteiger partial charge in [-0.3, -0.25) is 0 Å². The van der Waals surface area contributed by atoms with Gasteiger partial charge >= 0.3 is 0 Å². The summed E-state index contributed by atoms with van der Waals surface area (Å²) in [6.07, 6.45) is 0.620. The van der Waals surface area contributed by atoms with Crippen LogP contribution < -0.4 is 5.32 Å². The van der Waals surface area contributed by atoms with E-state index in [1.165, 1.54) is 11.4 Å². The van der Waals surface area contributed by atoms with Gasteiger partial charge in [-0.2, -0.15) is 9.29 Å². The first-order valence-electron chi connectivity index (χ1n) is 6.93. The smallest absolute Gasteiger partial charge is 0.243 e. The second-order valence-corrected chi connectivity index (χ2v) is 7.12. The highest BCUT2D eigenvalue weighted by molar-refractivity contribution is 7.89. The molecular formula is C14H21ClN4O3S. The number of likely N-dealkylation sites (N-methyl/N-ethyl adjacent to an activating group) is 1. The number of sulfonamides is 1. The molecule has 1 unspecified atom stereocenters. The van der Waals surface area contributed by atoms with Gasteiger partial charge in [0.25, 0.3) is 0 Å². The van der Waals surface area contributed by atoms with E-state index in [9.17, 15) is 8.42 Å². The number of benzene rings is 1. The van der Waals surface area contributed by atoms with Gasteiger partial charge < -0.3 is 9.84 Å². The van der Waals surface area contributed by atoms with E-state index in [1.54, 1.807) is 30.3 Å². The molecule has 0 radical (unpaired) electrons. The largest absolute Gasteiger partial charge is 0.338 e. The number of hydrogen-bond donors (Lipinski definition) is 1. The summed E-state index contributed by atoms with van der Waals surface area (Å²) in [7, 11) is -0.221. The van der Waals surface area contributed by atoms with Crippen molar-refractivity contribution < 1.29 is 12.9 Å². The summed E-state index contributed by atoms with van der Waals surface area (Å²) >= 11 is 0. The monoisotopic (exact) mass is 360 g/mol. The Hall–Kier alpha value is -1.48. The lowest BCUT2D eigenvalue weighted by atomic mass is 10.2. The van der Waals surface area contributed by atoms with Crippen LogP contribution in [0.4, 0.5) is 0 Å². The Morgan fingerprint density at radius 2 is 1.96 bits per heavy atom. The molecule has 9 heteroatoms. The van der Waals surface area contributed by atoms with E-state index in [1.807, 2.05) is 14.0 Å². The van der Waals surface area contributed by atoms with Crippen molar-refractivity contribution >= 4 is 22.4 Å². The van der Waals surface area contributed by atoms with Crippen molar-refractivity contribution in [3.8, 4) is 0 Å². The van der Waals surface area contributed by atoms with Crippen LogP contribution in [0.5, 0.6) is 0 Å². The van der Waals surface area contributed by atoms with Crippen molar-refractivity contribution in [2.75, 3.05) is 14.1 Å². The Balaban J connectivity index is 0.00000264. The van der Waals surface area contributed by atoms with Crippen LogP contribution in [0.25, 0.3) is 0 Å². The van der Waals surface area contributed by atoms with Gasteiger partial charge in [-0.15, -0.1) is 12.4 Å². The van der Waals surface area contributed by atoms with Crippen LogP contribution in [0, 0.1) is 0 Å². The zero-order valence-electron chi connectivity index (χ0n) is 13.3. The quantitative estimate of drug-likeness (QED) is 0.804. The minimum atomic E-state index is -3.56. The standard InChI is InChI=1S/C14H20N4O3S.ClH/c1-11(15-2)9-13-16-14(21-17-13)10-18(3)22(19,20)12-7-5-4-6-8-12;/h4-8,11,15H,9-10H2,1-3H3;1H. The number of nitrogens with zero attached hydrogens (tertiary/aromatic N) is 3. The van der Waals surface area contributed by atoms with Crippen molar-refractivity contribution in [2.45, 2.75) is 30.8 Å². The number of rotatable bonds is 7. The fraction of sp³-hybridized carbons (Fsp3) is 0.429. The number of halogens is 1. The van der Waals surface area contributed by atoms with Crippen molar-refractivity contribution in [1.29, 1.82) is 0 Å². The van der Waals surface area contributed by atoms with Gasteiger partial charge in [0.15, 0.2) is 5.82 Å². The molecule has 1 heterocycles. The highest BCUT2D eigenvalue weighted by Gasteiger charge is 2.22. The molecule has 0 spiro atoms. The van der Waals surface area contributed by atoms with Crippen molar-refractivity contribution in [3.05, 3.63) is 42.0 Å². The SMILES string of the molecule is CNC(C)Cc1noc(CN(C)S(=O)(=O)c2ccccc2)n1.Cl. The third kappa shape index (κ3) is 5.00. The Kier molecular flexibility index (Phi) is 7.14. The molecule has 0 fully saturated rings. The van der Waals surface area contributed by atoms with Crippen LogP contribution in [0.2, 0.25) is 0 Å². The molecule has 0 amide bonds. The second kappa shape index (κ2) is 8.39. The first-order valence-corrected chi connectivity index (χ1v) is 8.37. The molecule has 0 saturated heterocycles. The molecule has 1 N–H and O–H groups in total. The Labute approximate surface area is 142 Å².